The fourth-order valence-corrected chi connectivity index (χ4v) is 2.64. The Hall–Kier alpha value is -2.34. The second kappa shape index (κ2) is 6.62. The van der Waals surface area contributed by atoms with Crippen molar-refractivity contribution in [2.24, 2.45) is 0 Å². The molecule has 6 nitrogen and oxygen atoms in total. The molecular weight excluding hydrogens is 280 g/mol. The molecule has 3 rings (SSSR count). The Labute approximate surface area is 129 Å². The van der Waals surface area contributed by atoms with E-state index in [0.717, 1.165) is 25.2 Å². The molecule has 0 bridgehead atoms. The van der Waals surface area contributed by atoms with Crippen molar-refractivity contribution < 1.29 is 9.59 Å². The third-order valence-electron chi connectivity index (χ3n) is 3.93. The summed E-state index contributed by atoms with van der Waals surface area (Å²) >= 11 is 0. The van der Waals surface area contributed by atoms with Gasteiger partial charge in [-0.05, 0) is 37.2 Å². The number of hydrogen-bond donors (Lipinski definition) is 3. The van der Waals surface area contributed by atoms with Crippen LogP contribution >= 0.6 is 0 Å². The van der Waals surface area contributed by atoms with E-state index in [1.807, 2.05) is 12.1 Å². The molecule has 0 aromatic heterocycles. The van der Waals surface area contributed by atoms with Gasteiger partial charge in [0, 0.05) is 37.4 Å². The Balaban J connectivity index is 1.58. The average molecular weight is 300 g/mol. The number of carbonyl (C=O) groups excluding carboxylic acids is 2. The van der Waals surface area contributed by atoms with Crippen molar-refractivity contribution in [3.63, 3.8) is 0 Å². The van der Waals surface area contributed by atoms with Crippen LogP contribution in [0.5, 0.6) is 0 Å². The summed E-state index contributed by atoms with van der Waals surface area (Å²) in [6.45, 7) is 3.75. The zero-order valence-electron chi connectivity index (χ0n) is 12.4. The van der Waals surface area contributed by atoms with Crippen LogP contribution < -0.4 is 20.9 Å². The minimum absolute atomic E-state index is 0.0862. The summed E-state index contributed by atoms with van der Waals surface area (Å²) in [7, 11) is 0. The van der Waals surface area contributed by atoms with Gasteiger partial charge in [0.1, 0.15) is 0 Å². The molecule has 0 spiro atoms. The molecule has 0 aliphatic carbocycles. The second-order valence-electron chi connectivity index (χ2n) is 5.43. The van der Waals surface area contributed by atoms with Gasteiger partial charge in [0.2, 0.25) is 0 Å². The van der Waals surface area contributed by atoms with Crippen molar-refractivity contribution in [1.29, 1.82) is 0 Å². The van der Waals surface area contributed by atoms with Gasteiger partial charge in [-0.3, -0.25) is 9.69 Å². The topological polar surface area (TPSA) is 73.5 Å². The summed E-state index contributed by atoms with van der Waals surface area (Å²) < 4.78 is 0. The molecule has 0 radical (unpaired) electrons. The Morgan fingerprint density at radius 1 is 1.23 bits per heavy atom. The minimum atomic E-state index is -0.0879. The highest BCUT2D eigenvalue weighted by atomic mass is 16.2. The molecule has 22 heavy (non-hydrogen) atoms. The number of urea groups is 1. The maximum absolute atomic E-state index is 12.1. The highest BCUT2D eigenvalue weighted by molar-refractivity contribution is 5.97. The van der Waals surface area contributed by atoms with Gasteiger partial charge >= 0.3 is 6.03 Å². The number of benzene rings is 1. The number of hydrogen-bond acceptors (Lipinski definition) is 3. The molecule has 2 aliphatic rings. The Morgan fingerprint density at radius 2 is 2.05 bits per heavy atom. The lowest BCUT2D eigenvalue weighted by Gasteiger charge is -2.16. The largest absolute Gasteiger partial charge is 0.348 e. The van der Waals surface area contributed by atoms with E-state index in [0.29, 0.717) is 25.2 Å². The molecular formula is C16H20N4O2. The van der Waals surface area contributed by atoms with Crippen molar-refractivity contribution in [1.82, 2.24) is 16.0 Å². The maximum atomic E-state index is 12.1. The van der Waals surface area contributed by atoms with Crippen LogP contribution in [0.3, 0.4) is 0 Å². The lowest BCUT2D eigenvalue weighted by molar-refractivity contribution is 0.0956. The van der Waals surface area contributed by atoms with E-state index < -0.39 is 0 Å². The second-order valence-corrected chi connectivity index (χ2v) is 5.43. The molecule has 3 amide bonds. The summed E-state index contributed by atoms with van der Waals surface area (Å²) in [5.41, 5.74) is 2.68. The molecule has 3 N–H and O–H groups in total. The molecule has 116 valence electrons. The van der Waals surface area contributed by atoms with Crippen molar-refractivity contribution in [3.8, 4) is 0 Å². The number of nitrogens with zero attached hydrogens (tertiary/aromatic N) is 1. The Bertz CT molecular complexity index is 595. The molecule has 0 unspecified atom stereocenters. The monoisotopic (exact) mass is 300 g/mol. The van der Waals surface area contributed by atoms with Gasteiger partial charge in [-0.2, -0.15) is 0 Å². The van der Waals surface area contributed by atoms with Crippen LogP contribution in [0.1, 0.15) is 16.8 Å². The van der Waals surface area contributed by atoms with E-state index in [9.17, 15) is 9.59 Å². The molecule has 2 aliphatic heterocycles. The molecule has 1 saturated heterocycles. The lowest BCUT2D eigenvalue weighted by atomic mass is 10.1. The summed E-state index contributed by atoms with van der Waals surface area (Å²) in [6, 6.07) is 7.04. The van der Waals surface area contributed by atoms with Crippen LogP contribution in [0.25, 0.3) is 0 Å². The quantitative estimate of drug-likeness (QED) is 0.722. The van der Waals surface area contributed by atoms with Crippen molar-refractivity contribution in [3.05, 3.63) is 41.5 Å². The Kier molecular flexibility index (Phi) is 4.39. The van der Waals surface area contributed by atoms with E-state index in [4.69, 9.17) is 0 Å². The molecule has 6 heteroatoms. The first-order valence-electron chi connectivity index (χ1n) is 7.56. The summed E-state index contributed by atoms with van der Waals surface area (Å²) in [6.07, 6.45) is 3.10. The van der Waals surface area contributed by atoms with E-state index >= 15 is 0 Å². The van der Waals surface area contributed by atoms with Crippen LogP contribution in [0.2, 0.25) is 0 Å². The molecule has 1 aromatic rings. The van der Waals surface area contributed by atoms with Crippen molar-refractivity contribution in [2.45, 2.75) is 6.42 Å². The Morgan fingerprint density at radius 3 is 2.68 bits per heavy atom. The first-order chi connectivity index (χ1) is 10.7. The minimum Gasteiger partial charge on any atom is -0.348 e. The van der Waals surface area contributed by atoms with Gasteiger partial charge in [0.25, 0.3) is 5.91 Å². The predicted molar refractivity (Wildman–Crippen MR) is 85.1 cm³/mol. The van der Waals surface area contributed by atoms with Crippen LogP contribution in [0.15, 0.2) is 35.9 Å². The summed E-state index contributed by atoms with van der Waals surface area (Å²) in [5, 5.41) is 8.94. The fraction of sp³-hybridized carbons (Fsp3) is 0.375. The number of anilines is 1. The first kappa shape index (κ1) is 14.6. The molecule has 1 fully saturated rings. The average Bonchev–Trinajstić information content (AvgIpc) is 3.00. The zero-order valence-corrected chi connectivity index (χ0v) is 12.4. The lowest BCUT2D eigenvalue weighted by Crippen LogP contribution is -2.30. The summed E-state index contributed by atoms with van der Waals surface area (Å²) in [4.78, 5) is 25.4. The SMILES string of the molecule is O=C(NCC1=CCNCC1)c1ccc(N2CCNC2=O)cc1. The molecule has 1 aromatic carbocycles. The smallest absolute Gasteiger partial charge is 0.321 e. The van der Waals surface area contributed by atoms with Crippen LogP contribution in [0.4, 0.5) is 10.5 Å². The van der Waals surface area contributed by atoms with Crippen LogP contribution in [0, 0.1) is 0 Å². The highest BCUT2D eigenvalue weighted by Gasteiger charge is 2.21. The van der Waals surface area contributed by atoms with Gasteiger partial charge in [0.15, 0.2) is 0 Å². The van der Waals surface area contributed by atoms with E-state index in [2.05, 4.69) is 22.0 Å². The van der Waals surface area contributed by atoms with E-state index in [1.165, 1.54) is 5.57 Å². The predicted octanol–water partition coefficient (Wildman–Crippen LogP) is 0.866. The number of rotatable bonds is 4. The molecule has 0 saturated carbocycles. The number of carbonyl (C=O) groups is 2. The van der Waals surface area contributed by atoms with Gasteiger partial charge < -0.3 is 16.0 Å². The van der Waals surface area contributed by atoms with Crippen molar-refractivity contribution in [2.75, 3.05) is 37.6 Å². The fourth-order valence-electron chi connectivity index (χ4n) is 2.64. The van der Waals surface area contributed by atoms with Gasteiger partial charge in [-0.15, -0.1) is 0 Å². The normalized spacial score (nSPS) is 17.9. The standard InChI is InChI=1S/C16H20N4O2/c21-15(19-11-12-5-7-17-8-6-12)13-1-3-14(4-2-13)20-10-9-18-16(20)22/h1-5,17H,6-11H2,(H,18,22)(H,19,21). The summed E-state index contributed by atoms with van der Waals surface area (Å²) in [5.74, 6) is -0.0862. The van der Waals surface area contributed by atoms with Crippen LogP contribution in [-0.4, -0.2) is 44.7 Å². The zero-order chi connectivity index (χ0) is 15.4. The third-order valence-corrected chi connectivity index (χ3v) is 3.93. The van der Waals surface area contributed by atoms with E-state index in [1.54, 1.807) is 17.0 Å². The van der Waals surface area contributed by atoms with Gasteiger partial charge in [0.05, 0.1) is 0 Å². The number of nitrogens with one attached hydrogen (secondary N) is 3. The van der Waals surface area contributed by atoms with Gasteiger partial charge in [-0.25, -0.2) is 4.79 Å². The van der Waals surface area contributed by atoms with Crippen LogP contribution in [-0.2, 0) is 0 Å². The van der Waals surface area contributed by atoms with E-state index in [-0.39, 0.29) is 11.9 Å². The molecule has 0 atom stereocenters. The number of amides is 3. The highest BCUT2D eigenvalue weighted by Crippen LogP contribution is 2.17. The van der Waals surface area contributed by atoms with Gasteiger partial charge in [-0.1, -0.05) is 11.6 Å². The third kappa shape index (κ3) is 3.28. The first-order valence-corrected chi connectivity index (χ1v) is 7.56. The molecule has 2 heterocycles. The van der Waals surface area contributed by atoms with Crippen molar-refractivity contribution >= 4 is 17.6 Å². The maximum Gasteiger partial charge on any atom is 0.321 e.